The second-order valence-corrected chi connectivity index (χ2v) is 4.99. The van der Waals surface area contributed by atoms with E-state index in [1.165, 1.54) is 0 Å². The van der Waals surface area contributed by atoms with Gasteiger partial charge in [-0.05, 0) is 6.07 Å². The van der Waals surface area contributed by atoms with Crippen molar-refractivity contribution in [2.75, 3.05) is 20.3 Å². The van der Waals surface area contributed by atoms with Crippen LogP contribution in [0.15, 0.2) is 59.6 Å². The number of rotatable bonds is 4. The predicted molar refractivity (Wildman–Crippen MR) is 82.6 cm³/mol. The lowest BCUT2D eigenvalue weighted by Gasteiger charge is -2.42. The highest BCUT2D eigenvalue weighted by Crippen LogP contribution is 2.40. The van der Waals surface area contributed by atoms with Gasteiger partial charge in [0, 0.05) is 24.8 Å². The molecule has 0 aliphatic carbocycles. The predicted octanol–water partition coefficient (Wildman–Crippen LogP) is 2.50. The Bertz CT molecular complexity index is 642. The van der Waals surface area contributed by atoms with Gasteiger partial charge in [-0.3, -0.25) is 0 Å². The number of ether oxygens (including phenoxy) is 1. The average molecular weight is 282 g/mol. The number of benzene rings is 2. The van der Waals surface area contributed by atoms with E-state index in [-0.39, 0.29) is 0 Å². The van der Waals surface area contributed by atoms with Gasteiger partial charge in [0.05, 0.1) is 18.6 Å². The van der Waals surface area contributed by atoms with Gasteiger partial charge < -0.3 is 14.7 Å². The fraction of sp³-hybridized carbons (Fsp3) is 0.235. The highest BCUT2D eigenvalue weighted by molar-refractivity contribution is 5.71. The minimum absolute atomic E-state index is 0.517. The highest BCUT2D eigenvalue weighted by Gasteiger charge is 2.40. The molecule has 0 saturated carbocycles. The highest BCUT2D eigenvalue weighted by atomic mass is 16.5. The maximum atomic E-state index is 11.5. The van der Waals surface area contributed by atoms with Crippen molar-refractivity contribution in [2.45, 2.75) is 5.72 Å². The largest absolute Gasteiger partial charge is 0.383 e. The van der Waals surface area contributed by atoms with Crippen LogP contribution in [0.2, 0.25) is 0 Å². The molecule has 0 amide bonds. The molecule has 21 heavy (non-hydrogen) atoms. The first-order valence-corrected chi connectivity index (χ1v) is 6.94. The van der Waals surface area contributed by atoms with E-state index in [0.29, 0.717) is 13.2 Å². The molecule has 1 unspecified atom stereocenters. The molecular formula is C17H18N2O2. The zero-order valence-electron chi connectivity index (χ0n) is 11.9. The van der Waals surface area contributed by atoms with Crippen LogP contribution in [0.5, 0.6) is 0 Å². The van der Waals surface area contributed by atoms with Crippen LogP contribution in [0.25, 0.3) is 0 Å². The minimum Gasteiger partial charge on any atom is -0.383 e. The number of hydrogen-bond donors (Lipinski definition) is 1. The van der Waals surface area contributed by atoms with Gasteiger partial charge in [-0.15, -0.1) is 0 Å². The van der Waals surface area contributed by atoms with Gasteiger partial charge >= 0.3 is 0 Å². The number of fused-ring (bicyclic) bond motifs is 1. The zero-order chi connectivity index (χ0) is 14.7. The average Bonchev–Trinajstić information content (AvgIpc) is 2.55. The Morgan fingerprint density at radius 1 is 1.10 bits per heavy atom. The van der Waals surface area contributed by atoms with Gasteiger partial charge in [-0.2, -0.15) is 0 Å². The number of hydrogen-bond acceptors (Lipinski definition) is 4. The van der Waals surface area contributed by atoms with E-state index in [2.05, 4.69) is 4.99 Å². The summed E-state index contributed by atoms with van der Waals surface area (Å²) in [6, 6.07) is 17.3. The molecule has 2 aromatic carbocycles. The van der Waals surface area contributed by atoms with Gasteiger partial charge in [-0.1, -0.05) is 48.5 Å². The van der Waals surface area contributed by atoms with Crippen molar-refractivity contribution in [2.24, 2.45) is 4.99 Å². The number of aliphatic hydroxyl groups is 1. The van der Waals surface area contributed by atoms with E-state index in [0.717, 1.165) is 16.8 Å². The number of para-hydroxylation sites is 1. The zero-order valence-corrected chi connectivity index (χ0v) is 11.9. The smallest absolute Gasteiger partial charge is 0.194 e. The molecule has 0 bridgehead atoms. The molecule has 4 heteroatoms. The third-order valence-corrected chi connectivity index (χ3v) is 3.74. The number of methoxy groups -OCH3 is 1. The summed E-state index contributed by atoms with van der Waals surface area (Å²) in [6.45, 7) is 1.07. The van der Waals surface area contributed by atoms with Crippen molar-refractivity contribution >= 4 is 12.0 Å². The van der Waals surface area contributed by atoms with Crippen LogP contribution in [-0.2, 0) is 10.5 Å². The lowest BCUT2D eigenvalue weighted by atomic mass is 9.90. The summed E-state index contributed by atoms with van der Waals surface area (Å²) >= 11 is 0. The van der Waals surface area contributed by atoms with Crippen molar-refractivity contribution in [1.29, 1.82) is 0 Å². The Labute approximate surface area is 124 Å². The summed E-state index contributed by atoms with van der Waals surface area (Å²) < 4.78 is 5.15. The Morgan fingerprint density at radius 2 is 1.81 bits per heavy atom. The molecule has 0 spiro atoms. The molecule has 2 aromatic rings. The van der Waals surface area contributed by atoms with Crippen molar-refractivity contribution in [1.82, 2.24) is 4.90 Å². The van der Waals surface area contributed by atoms with Crippen LogP contribution in [0.4, 0.5) is 5.69 Å². The summed E-state index contributed by atoms with van der Waals surface area (Å²) in [5.41, 5.74) is 1.17. The van der Waals surface area contributed by atoms with Gasteiger partial charge in [-0.25, -0.2) is 4.99 Å². The van der Waals surface area contributed by atoms with E-state index < -0.39 is 5.72 Å². The number of nitrogens with zero attached hydrogens (tertiary/aromatic N) is 2. The van der Waals surface area contributed by atoms with Crippen LogP contribution >= 0.6 is 0 Å². The fourth-order valence-corrected chi connectivity index (χ4v) is 2.65. The molecule has 0 fully saturated rings. The lowest BCUT2D eigenvalue weighted by Crippen LogP contribution is -2.49. The Morgan fingerprint density at radius 3 is 2.57 bits per heavy atom. The summed E-state index contributed by atoms with van der Waals surface area (Å²) in [6.07, 6.45) is 1.69. The lowest BCUT2D eigenvalue weighted by molar-refractivity contribution is -0.0443. The molecule has 1 heterocycles. The van der Waals surface area contributed by atoms with E-state index in [1.807, 2.05) is 59.5 Å². The number of aliphatic imine (C=N–C) groups is 1. The van der Waals surface area contributed by atoms with Crippen LogP contribution in [0, 0.1) is 0 Å². The first-order valence-electron chi connectivity index (χ1n) is 6.94. The maximum absolute atomic E-state index is 11.5. The second kappa shape index (κ2) is 5.68. The standard InChI is InChI=1S/C17H18N2O2/c1-21-12-11-19-13-18-16-10-6-5-9-15(16)17(19,20)14-7-3-2-4-8-14/h2-10,13,20H,11-12H2,1H3. The molecule has 0 aromatic heterocycles. The van der Waals surface area contributed by atoms with Crippen molar-refractivity contribution in [3.05, 3.63) is 65.7 Å². The van der Waals surface area contributed by atoms with Crippen molar-refractivity contribution < 1.29 is 9.84 Å². The third-order valence-electron chi connectivity index (χ3n) is 3.74. The van der Waals surface area contributed by atoms with Crippen LogP contribution < -0.4 is 0 Å². The summed E-state index contributed by atoms with van der Waals surface area (Å²) in [4.78, 5) is 6.25. The Balaban J connectivity index is 2.12. The monoisotopic (exact) mass is 282 g/mol. The molecular weight excluding hydrogens is 264 g/mol. The van der Waals surface area contributed by atoms with Crippen molar-refractivity contribution in [3.63, 3.8) is 0 Å². The quantitative estimate of drug-likeness (QED) is 0.937. The first-order chi connectivity index (χ1) is 10.3. The molecule has 3 rings (SSSR count). The Hall–Kier alpha value is -2.17. The topological polar surface area (TPSA) is 45.1 Å². The first kappa shape index (κ1) is 13.8. The summed E-state index contributed by atoms with van der Waals surface area (Å²) in [5.74, 6) is 0. The van der Waals surface area contributed by atoms with Gasteiger partial charge in [0.1, 0.15) is 0 Å². The molecule has 1 aliphatic rings. The molecule has 4 nitrogen and oxygen atoms in total. The van der Waals surface area contributed by atoms with E-state index in [1.54, 1.807) is 13.4 Å². The van der Waals surface area contributed by atoms with Gasteiger partial charge in [0.2, 0.25) is 0 Å². The minimum atomic E-state index is -1.22. The van der Waals surface area contributed by atoms with Crippen molar-refractivity contribution in [3.8, 4) is 0 Å². The normalized spacial score (nSPS) is 20.4. The van der Waals surface area contributed by atoms with E-state index >= 15 is 0 Å². The van der Waals surface area contributed by atoms with Gasteiger partial charge in [0.25, 0.3) is 0 Å². The fourth-order valence-electron chi connectivity index (χ4n) is 2.65. The molecule has 108 valence electrons. The molecule has 1 aliphatic heterocycles. The molecule has 1 atom stereocenters. The van der Waals surface area contributed by atoms with E-state index in [4.69, 9.17) is 4.74 Å². The Kier molecular flexibility index (Phi) is 3.73. The SMILES string of the molecule is COCCN1C=Nc2ccccc2C1(O)c1ccccc1. The maximum Gasteiger partial charge on any atom is 0.194 e. The molecule has 1 N–H and O–H groups in total. The second-order valence-electron chi connectivity index (χ2n) is 4.99. The molecule has 0 saturated heterocycles. The molecule has 0 radical (unpaired) electrons. The van der Waals surface area contributed by atoms with Crippen LogP contribution in [0.3, 0.4) is 0 Å². The van der Waals surface area contributed by atoms with Crippen LogP contribution in [0.1, 0.15) is 11.1 Å². The summed E-state index contributed by atoms with van der Waals surface area (Å²) in [5, 5.41) is 11.5. The van der Waals surface area contributed by atoms with Gasteiger partial charge in [0.15, 0.2) is 5.72 Å². The van der Waals surface area contributed by atoms with Crippen LogP contribution in [-0.4, -0.2) is 36.6 Å². The third kappa shape index (κ3) is 2.33. The summed E-state index contributed by atoms with van der Waals surface area (Å²) in [7, 11) is 1.65. The van der Waals surface area contributed by atoms with E-state index in [9.17, 15) is 5.11 Å².